The van der Waals surface area contributed by atoms with Gasteiger partial charge in [0.1, 0.15) is 11.5 Å². The number of anilines is 1. The second-order valence-electron chi connectivity index (χ2n) is 6.48. The van der Waals surface area contributed by atoms with E-state index in [9.17, 15) is 19.7 Å². The molecule has 1 aromatic heterocycles. The number of imide groups is 1. The highest BCUT2D eigenvalue weighted by Crippen LogP contribution is 2.37. The minimum atomic E-state index is -0.534. The first-order chi connectivity index (χ1) is 14.3. The molecular weight excluding hydrogens is 428 g/mol. The lowest BCUT2D eigenvalue weighted by Gasteiger charge is -2.12. The van der Waals surface area contributed by atoms with Crippen LogP contribution in [0.4, 0.5) is 16.2 Å². The van der Waals surface area contributed by atoms with E-state index in [-0.39, 0.29) is 20.9 Å². The predicted octanol–water partition coefficient (Wildman–Crippen LogP) is 6.06. The van der Waals surface area contributed by atoms with Gasteiger partial charge in [-0.05, 0) is 49.0 Å². The molecule has 0 aliphatic carbocycles. The average Bonchev–Trinajstić information content (AvgIpc) is 3.27. The fraction of sp³-hybridized carbons (Fsp3) is 0.0476. The number of benzene rings is 2. The van der Waals surface area contributed by atoms with Gasteiger partial charge in [-0.25, -0.2) is 4.90 Å². The molecule has 4 rings (SSSR count). The Balaban J connectivity index is 1.60. The van der Waals surface area contributed by atoms with Crippen LogP contribution in [0.2, 0.25) is 5.02 Å². The van der Waals surface area contributed by atoms with Gasteiger partial charge in [-0.1, -0.05) is 29.3 Å². The largest absolute Gasteiger partial charge is 0.457 e. The van der Waals surface area contributed by atoms with Crippen LogP contribution in [-0.2, 0) is 4.79 Å². The van der Waals surface area contributed by atoms with E-state index in [2.05, 4.69) is 0 Å². The summed E-state index contributed by atoms with van der Waals surface area (Å²) in [6, 6.07) is 14.4. The lowest BCUT2D eigenvalue weighted by Crippen LogP contribution is -2.27. The van der Waals surface area contributed by atoms with Gasteiger partial charge in [-0.3, -0.25) is 19.7 Å². The minimum absolute atomic E-state index is 0.125. The van der Waals surface area contributed by atoms with Crippen LogP contribution in [0.3, 0.4) is 0 Å². The Bertz CT molecular complexity index is 1220. The summed E-state index contributed by atoms with van der Waals surface area (Å²) in [6.45, 7) is 1.92. The Labute approximate surface area is 180 Å². The first kappa shape index (κ1) is 19.9. The van der Waals surface area contributed by atoms with Crippen LogP contribution in [0.15, 0.2) is 63.9 Å². The number of thioether (sulfide) groups is 1. The highest BCUT2D eigenvalue weighted by Gasteiger charge is 2.36. The third-order valence-corrected chi connectivity index (χ3v) is 5.60. The zero-order chi connectivity index (χ0) is 21.4. The molecule has 2 heterocycles. The van der Waals surface area contributed by atoms with Gasteiger partial charge >= 0.3 is 0 Å². The summed E-state index contributed by atoms with van der Waals surface area (Å²) >= 11 is 6.97. The van der Waals surface area contributed by atoms with Gasteiger partial charge in [0.15, 0.2) is 0 Å². The van der Waals surface area contributed by atoms with Gasteiger partial charge in [-0.15, -0.1) is 0 Å². The molecule has 0 atom stereocenters. The molecule has 0 spiro atoms. The average molecular weight is 441 g/mol. The molecule has 2 aromatic carbocycles. The highest BCUT2D eigenvalue weighted by molar-refractivity contribution is 8.19. The third kappa shape index (κ3) is 3.74. The molecule has 30 heavy (non-hydrogen) atoms. The van der Waals surface area contributed by atoms with E-state index < -0.39 is 10.8 Å². The number of carbonyl (C=O) groups is 2. The fourth-order valence-electron chi connectivity index (χ4n) is 2.91. The lowest BCUT2D eigenvalue weighted by molar-refractivity contribution is -0.384. The van der Waals surface area contributed by atoms with Crippen molar-refractivity contribution in [2.24, 2.45) is 0 Å². The van der Waals surface area contributed by atoms with E-state index in [4.69, 9.17) is 16.0 Å². The second kappa shape index (κ2) is 7.81. The number of nitro benzene ring substituents is 1. The van der Waals surface area contributed by atoms with Crippen molar-refractivity contribution in [3.63, 3.8) is 0 Å². The molecule has 7 nitrogen and oxygen atoms in total. The van der Waals surface area contributed by atoms with Crippen molar-refractivity contribution in [1.29, 1.82) is 0 Å². The van der Waals surface area contributed by atoms with E-state index in [0.717, 1.165) is 22.2 Å². The standard InChI is InChI=1S/C21H13ClN2O5S/c1-12-2-4-13(5-3-12)23-20(25)19(30-21(23)26)11-15-7-9-18(29-15)16-8-6-14(24(27)28)10-17(16)22/h2-11H,1H3/b19-11+. The summed E-state index contributed by atoms with van der Waals surface area (Å²) in [5, 5.41) is 10.6. The quantitative estimate of drug-likeness (QED) is 0.278. The van der Waals surface area contributed by atoms with E-state index in [1.54, 1.807) is 24.3 Å². The Morgan fingerprint density at radius 3 is 2.50 bits per heavy atom. The van der Waals surface area contributed by atoms with Crippen molar-refractivity contribution >= 4 is 52.0 Å². The molecule has 0 bridgehead atoms. The number of rotatable bonds is 4. The van der Waals surface area contributed by atoms with Crippen molar-refractivity contribution in [2.75, 3.05) is 4.90 Å². The second-order valence-corrected chi connectivity index (χ2v) is 7.88. The van der Waals surface area contributed by atoms with Crippen molar-refractivity contribution in [2.45, 2.75) is 6.92 Å². The van der Waals surface area contributed by atoms with Crippen LogP contribution in [0, 0.1) is 17.0 Å². The third-order valence-electron chi connectivity index (χ3n) is 4.41. The van der Waals surface area contributed by atoms with E-state index >= 15 is 0 Å². The van der Waals surface area contributed by atoms with Crippen LogP contribution in [0.5, 0.6) is 0 Å². The Morgan fingerprint density at radius 2 is 1.83 bits per heavy atom. The van der Waals surface area contributed by atoms with E-state index in [1.165, 1.54) is 24.3 Å². The summed E-state index contributed by atoms with van der Waals surface area (Å²) in [6.07, 6.45) is 1.49. The van der Waals surface area contributed by atoms with Crippen LogP contribution < -0.4 is 4.90 Å². The lowest BCUT2D eigenvalue weighted by atomic mass is 10.1. The summed E-state index contributed by atoms with van der Waals surface area (Å²) < 4.78 is 5.73. The van der Waals surface area contributed by atoms with E-state index in [1.807, 2.05) is 19.1 Å². The number of hydrogen-bond donors (Lipinski definition) is 0. The number of halogens is 1. The molecule has 2 amide bonds. The smallest absolute Gasteiger partial charge is 0.298 e. The maximum absolute atomic E-state index is 12.7. The molecular formula is C21H13ClN2O5S. The zero-order valence-corrected chi connectivity index (χ0v) is 17.1. The van der Waals surface area contributed by atoms with Crippen molar-refractivity contribution in [3.8, 4) is 11.3 Å². The number of furan rings is 1. The van der Waals surface area contributed by atoms with Gasteiger partial charge in [0.2, 0.25) is 0 Å². The molecule has 9 heteroatoms. The summed E-state index contributed by atoms with van der Waals surface area (Å²) in [4.78, 5) is 36.7. The topological polar surface area (TPSA) is 93.7 Å². The van der Waals surface area contributed by atoms with Crippen LogP contribution in [-0.4, -0.2) is 16.1 Å². The van der Waals surface area contributed by atoms with Gasteiger partial charge in [0.25, 0.3) is 16.8 Å². The van der Waals surface area contributed by atoms with E-state index in [0.29, 0.717) is 22.8 Å². The molecule has 0 N–H and O–H groups in total. The molecule has 0 radical (unpaired) electrons. The molecule has 1 saturated heterocycles. The van der Waals surface area contributed by atoms with Gasteiger partial charge < -0.3 is 4.42 Å². The number of carbonyl (C=O) groups excluding carboxylic acids is 2. The SMILES string of the molecule is Cc1ccc(N2C(=O)S/C(=C/c3ccc(-c4ccc([N+](=O)[O-])cc4Cl)o3)C2=O)cc1. The van der Waals surface area contributed by atoms with Crippen molar-refractivity contribution in [3.05, 3.63) is 86.0 Å². The monoisotopic (exact) mass is 440 g/mol. The molecule has 3 aromatic rings. The van der Waals surface area contributed by atoms with Crippen LogP contribution >= 0.6 is 23.4 Å². The predicted molar refractivity (Wildman–Crippen MR) is 115 cm³/mol. The van der Waals surface area contributed by atoms with Gasteiger partial charge in [0.05, 0.1) is 20.5 Å². The summed E-state index contributed by atoms with van der Waals surface area (Å²) in [5.41, 5.74) is 1.88. The normalized spacial score (nSPS) is 15.3. The van der Waals surface area contributed by atoms with Crippen molar-refractivity contribution < 1.29 is 18.9 Å². The maximum Gasteiger partial charge on any atom is 0.298 e. The molecule has 0 saturated carbocycles. The fourth-order valence-corrected chi connectivity index (χ4v) is 4.00. The molecule has 1 aliphatic rings. The van der Waals surface area contributed by atoms with Gasteiger partial charge in [-0.2, -0.15) is 0 Å². The first-order valence-corrected chi connectivity index (χ1v) is 9.92. The number of non-ortho nitro benzene ring substituents is 1. The molecule has 150 valence electrons. The number of amides is 2. The summed E-state index contributed by atoms with van der Waals surface area (Å²) in [5.74, 6) is 0.313. The summed E-state index contributed by atoms with van der Waals surface area (Å²) in [7, 11) is 0. The zero-order valence-electron chi connectivity index (χ0n) is 15.5. The maximum atomic E-state index is 12.7. The Kier molecular flexibility index (Phi) is 5.19. The Morgan fingerprint density at radius 1 is 1.10 bits per heavy atom. The number of nitro groups is 1. The molecule has 0 unspecified atom stereocenters. The number of hydrogen-bond acceptors (Lipinski definition) is 6. The van der Waals surface area contributed by atoms with Gasteiger partial charge in [0, 0.05) is 23.8 Å². The highest BCUT2D eigenvalue weighted by atomic mass is 35.5. The van der Waals surface area contributed by atoms with Crippen molar-refractivity contribution in [1.82, 2.24) is 0 Å². The van der Waals surface area contributed by atoms with Crippen LogP contribution in [0.1, 0.15) is 11.3 Å². The molecule has 1 aliphatic heterocycles. The van der Waals surface area contributed by atoms with Crippen LogP contribution in [0.25, 0.3) is 17.4 Å². The number of nitrogens with zero attached hydrogens (tertiary/aromatic N) is 2. The molecule has 1 fully saturated rings. The Hall–Kier alpha value is -3.36. The first-order valence-electron chi connectivity index (χ1n) is 8.72. The number of aryl methyl sites for hydroxylation is 1. The minimum Gasteiger partial charge on any atom is -0.457 e.